The van der Waals surface area contributed by atoms with Gasteiger partial charge >= 0.3 is 12.4 Å². The Morgan fingerprint density at radius 2 is 1.55 bits per heavy atom. The lowest BCUT2D eigenvalue weighted by Gasteiger charge is -2.23. The molecule has 0 spiro atoms. The van der Waals surface area contributed by atoms with Crippen LogP contribution in [-0.4, -0.2) is 23.4 Å². The molecule has 0 unspecified atom stereocenters. The summed E-state index contributed by atoms with van der Waals surface area (Å²) in [6, 6.07) is 7.38. The molecule has 2 aromatic rings. The zero-order valence-electron chi connectivity index (χ0n) is 9.66. The number of pyridine rings is 1. The molecule has 0 aliphatic rings. The Labute approximate surface area is 109 Å². The summed E-state index contributed by atoms with van der Waals surface area (Å²) in [7, 11) is 0. The number of nitrogens with zero attached hydrogens (tertiary/aromatic N) is 1. The Kier molecular flexibility index (Phi) is 3.49. The average molecular weight is 295 g/mol. The SMILES string of the molecule is FC(F)(F)C(Oc1cnc2ccccc2c1)C(F)(F)F. The number of para-hydroxylation sites is 1. The predicted octanol–water partition coefficient (Wildman–Crippen LogP) is 4.11. The monoisotopic (exact) mass is 295 g/mol. The molecular formula is C12H7F6NO. The van der Waals surface area contributed by atoms with Crippen molar-refractivity contribution in [3.63, 3.8) is 0 Å². The van der Waals surface area contributed by atoms with Crippen LogP contribution in [0.3, 0.4) is 0 Å². The highest BCUT2D eigenvalue weighted by Gasteiger charge is 2.59. The molecule has 2 rings (SSSR count). The van der Waals surface area contributed by atoms with Crippen LogP contribution in [0.25, 0.3) is 10.9 Å². The van der Waals surface area contributed by atoms with Gasteiger partial charge in [0.2, 0.25) is 0 Å². The summed E-state index contributed by atoms with van der Waals surface area (Å²) >= 11 is 0. The van der Waals surface area contributed by atoms with Crippen LogP contribution < -0.4 is 4.74 Å². The Morgan fingerprint density at radius 1 is 0.950 bits per heavy atom. The van der Waals surface area contributed by atoms with Gasteiger partial charge in [-0.15, -0.1) is 0 Å². The first kappa shape index (κ1) is 14.4. The number of ether oxygens (including phenoxy) is 1. The van der Waals surface area contributed by atoms with Crippen molar-refractivity contribution >= 4 is 10.9 Å². The third-order valence-electron chi connectivity index (χ3n) is 2.41. The molecule has 0 bridgehead atoms. The first-order chi connectivity index (χ1) is 9.18. The van der Waals surface area contributed by atoms with Crippen molar-refractivity contribution in [2.75, 3.05) is 0 Å². The number of aromatic nitrogens is 1. The average Bonchev–Trinajstić information content (AvgIpc) is 2.33. The van der Waals surface area contributed by atoms with Crippen molar-refractivity contribution in [2.24, 2.45) is 0 Å². The van der Waals surface area contributed by atoms with E-state index in [0.29, 0.717) is 10.9 Å². The number of alkyl halides is 6. The maximum absolute atomic E-state index is 12.4. The molecule has 0 saturated carbocycles. The maximum atomic E-state index is 12.4. The van der Waals surface area contributed by atoms with E-state index in [4.69, 9.17) is 0 Å². The molecule has 1 aromatic carbocycles. The highest BCUT2D eigenvalue weighted by Crippen LogP contribution is 2.36. The lowest BCUT2D eigenvalue weighted by atomic mass is 10.2. The van der Waals surface area contributed by atoms with Crippen LogP contribution in [0.2, 0.25) is 0 Å². The van der Waals surface area contributed by atoms with Crippen LogP contribution in [0.4, 0.5) is 26.3 Å². The van der Waals surface area contributed by atoms with Gasteiger partial charge in [0.1, 0.15) is 5.75 Å². The van der Waals surface area contributed by atoms with Crippen molar-refractivity contribution in [3.05, 3.63) is 36.5 Å². The zero-order chi connectivity index (χ0) is 15.0. The fraction of sp³-hybridized carbons (Fsp3) is 0.250. The summed E-state index contributed by atoms with van der Waals surface area (Å²) in [5.41, 5.74) is 0.440. The quantitative estimate of drug-likeness (QED) is 0.778. The third kappa shape index (κ3) is 3.12. The van der Waals surface area contributed by atoms with Gasteiger partial charge in [-0.3, -0.25) is 4.98 Å². The minimum atomic E-state index is -5.55. The molecular weight excluding hydrogens is 288 g/mol. The van der Waals surface area contributed by atoms with Gasteiger partial charge < -0.3 is 4.74 Å². The minimum Gasteiger partial charge on any atom is -0.470 e. The van der Waals surface area contributed by atoms with Crippen molar-refractivity contribution in [1.29, 1.82) is 0 Å². The summed E-state index contributed by atoms with van der Waals surface area (Å²) in [5, 5.41) is 0.382. The van der Waals surface area contributed by atoms with Crippen LogP contribution >= 0.6 is 0 Å². The Morgan fingerprint density at radius 3 is 2.15 bits per heavy atom. The van der Waals surface area contributed by atoms with Crippen LogP contribution in [0, 0.1) is 0 Å². The second-order valence-electron chi connectivity index (χ2n) is 3.94. The molecule has 2 nitrogen and oxygen atoms in total. The van der Waals surface area contributed by atoms with Crippen molar-refractivity contribution in [3.8, 4) is 5.75 Å². The van der Waals surface area contributed by atoms with E-state index in [2.05, 4.69) is 9.72 Å². The first-order valence-corrected chi connectivity index (χ1v) is 5.33. The molecule has 0 amide bonds. The lowest BCUT2D eigenvalue weighted by Crippen LogP contribution is -2.46. The molecule has 0 fully saturated rings. The molecule has 1 heterocycles. The molecule has 0 radical (unpaired) electrons. The smallest absolute Gasteiger partial charge is 0.434 e. The second kappa shape index (κ2) is 4.84. The van der Waals surface area contributed by atoms with Crippen LogP contribution in [0.1, 0.15) is 0 Å². The van der Waals surface area contributed by atoms with E-state index in [0.717, 1.165) is 12.3 Å². The fourth-order valence-electron chi connectivity index (χ4n) is 1.57. The number of benzene rings is 1. The minimum absolute atomic E-state index is 0.382. The number of hydrogen-bond donors (Lipinski definition) is 0. The molecule has 0 saturated heterocycles. The molecule has 0 atom stereocenters. The van der Waals surface area contributed by atoms with Crippen molar-refractivity contribution in [2.45, 2.75) is 18.5 Å². The number of halogens is 6. The van der Waals surface area contributed by atoms with Gasteiger partial charge in [0.15, 0.2) is 0 Å². The van der Waals surface area contributed by atoms with Gasteiger partial charge in [0.05, 0.1) is 11.7 Å². The van der Waals surface area contributed by atoms with Gasteiger partial charge in [0, 0.05) is 5.39 Å². The molecule has 0 N–H and O–H groups in total. The molecule has 0 aliphatic heterocycles. The summed E-state index contributed by atoms with van der Waals surface area (Å²) in [6.07, 6.45) is -14.2. The predicted molar refractivity (Wildman–Crippen MR) is 58.3 cm³/mol. The second-order valence-corrected chi connectivity index (χ2v) is 3.94. The van der Waals surface area contributed by atoms with E-state index in [9.17, 15) is 26.3 Å². The van der Waals surface area contributed by atoms with Crippen LogP contribution in [0.5, 0.6) is 5.75 Å². The molecule has 1 aromatic heterocycles. The van der Waals surface area contributed by atoms with Gasteiger partial charge in [-0.1, -0.05) is 18.2 Å². The number of hydrogen-bond acceptors (Lipinski definition) is 2. The van der Waals surface area contributed by atoms with Gasteiger partial charge in [0.25, 0.3) is 6.10 Å². The fourth-order valence-corrected chi connectivity index (χ4v) is 1.57. The molecule has 8 heteroatoms. The Bertz CT molecular complexity index is 593. The molecule has 108 valence electrons. The van der Waals surface area contributed by atoms with E-state index < -0.39 is 24.2 Å². The normalized spacial score (nSPS) is 12.9. The van der Waals surface area contributed by atoms with Crippen LogP contribution in [-0.2, 0) is 0 Å². The standard InChI is InChI=1S/C12H7F6NO/c13-11(14,15)10(12(16,17)18)20-8-5-7-3-1-2-4-9(7)19-6-8/h1-6,10H. The van der Waals surface area contributed by atoms with E-state index in [-0.39, 0.29) is 0 Å². The van der Waals surface area contributed by atoms with Crippen LogP contribution in [0.15, 0.2) is 36.5 Å². The third-order valence-corrected chi connectivity index (χ3v) is 2.41. The Hall–Kier alpha value is -1.99. The highest BCUT2D eigenvalue weighted by molar-refractivity contribution is 5.79. The first-order valence-electron chi connectivity index (χ1n) is 5.33. The molecule has 0 aliphatic carbocycles. The van der Waals surface area contributed by atoms with Crippen molar-refractivity contribution in [1.82, 2.24) is 4.98 Å². The number of rotatable bonds is 2. The summed E-state index contributed by atoms with van der Waals surface area (Å²) in [5.74, 6) is -0.594. The zero-order valence-corrected chi connectivity index (χ0v) is 9.66. The maximum Gasteiger partial charge on any atom is 0.434 e. The van der Waals surface area contributed by atoms with E-state index in [1.807, 2.05) is 0 Å². The van der Waals surface area contributed by atoms with E-state index >= 15 is 0 Å². The van der Waals surface area contributed by atoms with E-state index in [1.165, 1.54) is 6.07 Å². The topological polar surface area (TPSA) is 22.1 Å². The molecule has 20 heavy (non-hydrogen) atoms. The summed E-state index contributed by atoms with van der Waals surface area (Å²) in [6.45, 7) is 0. The highest BCUT2D eigenvalue weighted by atomic mass is 19.4. The van der Waals surface area contributed by atoms with Gasteiger partial charge in [-0.2, -0.15) is 26.3 Å². The van der Waals surface area contributed by atoms with E-state index in [1.54, 1.807) is 18.2 Å². The van der Waals surface area contributed by atoms with Gasteiger partial charge in [-0.25, -0.2) is 0 Å². The largest absolute Gasteiger partial charge is 0.470 e. The summed E-state index contributed by atoms with van der Waals surface area (Å²) < 4.78 is 78.1. The lowest BCUT2D eigenvalue weighted by molar-refractivity contribution is -0.299. The number of fused-ring (bicyclic) bond motifs is 1. The van der Waals surface area contributed by atoms with Crippen molar-refractivity contribution < 1.29 is 31.1 Å². The van der Waals surface area contributed by atoms with Gasteiger partial charge in [-0.05, 0) is 12.1 Å². The summed E-state index contributed by atoms with van der Waals surface area (Å²) in [4.78, 5) is 3.74. The Balaban J connectivity index is 2.34.